The van der Waals surface area contributed by atoms with E-state index in [-0.39, 0.29) is 18.3 Å². The molecule has 0 aromatic heterocycles. The molecule has 34 heavy (non-hydrogen) atoms. The Labute approximate surface area is 215 Å². The van der Waals surface area contributed by atoms with Gasteiger partial charge >= 0.3 is 163 Å². The van der Waals surface area contributed by atoms with Crippen molar-refractivity contribution in [3.05, 3.63) is 41.0 Å². The van der Waals surface area contributed by atoms with Crippen LogP contribution in [0.2, 0.25) is 0 Å². The van der Waals surface area contributed by atoms with Crippen LogP contribution >= 0.6 is 0 Å². The quantitative estimate of drug-likeness (QED) is 0.351. The summed E-state index contributed by atoms with van der Waals surface area (Å²) in [6.07, 6.45) is 2.80. The number of ether oxygens (including phenoxy) is 4. The van der Waals surface area contributed by atoms with E-state index < -0.39 is 6.67 Å². The number of amides is 1. The Morgan fingerprint density at radius 3 is 2.41 bits per heavy atom. The fourth-order valence-electron chi connectivity index (χ4n) is 4.07. The van der Waals surface area contributed by atoms with Gasteiger partial charge in [0.1, 0.15) is 0 Å². The molecule has 3 rings (SSSR count). The van der Waals surface area contributed by atoms with Gasteiger partial charge in [-0.05, 0) is 17.7 Å². The molecule has 0 atom stereocenters. The summed E-state index contributed by atoms with van der Waals surface area (Å²) in [5.74, 6) is 2.03. The van der Waals surface area contributed by atoms with Gasteiger partial charge in [0.05, 0.1) is 14.2 Å². The molecule has 1 amide bonds. The van der Waals surface area contributed by atoms with Crippen LogP contribution in [0, 0.1) is 24.7 Å². The van der Waals surface area contributed by atoms with Crippen LogP contribution < -0.4 is 27.5 Å². The monoisotopic (exact) mass is 669 g/mol. The Hall–Kier alpha value is -2.12. The number of carbonyl (C=O) groups is 1. The van der Waals surface area contributed by atoms with Crippen molar-refractivity contribution in [3.8, 4) is 23.0 Å². The normalized spacial score (nSPS) is 13.2. The Morgan fingerprint density at radius 1 is 1.03 bits per heavy atom. The molecule has 1 N–H and O–H groups in total. The summed E-state index contributed by atoms with van der Waals surface area (Å²) >= 11 is 1.43. The number of rotatable bonds is 12. The zero-order valence-corrected chi connectivity index (χ0v) is 22.9. The van der Waals surface area contributed by atoms with Crippen molar-refractivity contribution in [2.45, 2.75) is 25.8 Å². The van der Waals surface area contributed by atoms with E-state index in [4.69, 9.17) is 18.9 Å². The number of fused-ring (bicyclic) bond motifs is 1. The topological polar surface area (TPSA) is 69.3 Å². The van der Waals surface area contributed by atoms with Crippen molar-refractivity contribution in [1.82, 2.24) is 10.2 Å². The number of nitrogens with zero attached hydrogens (tertiary/aromatic N) is 1. The van der Waals surface area contributed by atoms with E-state index >= 15 is 0 Å². The van der Waals surface area contributed by atoms with E-state index in [0.29, 0.717) is 17.9 Å². The van der Waals surface area contributed by atoms with Crippen molar-refractivity contribution in [3.63, 3.8) is 0 Å². The van der Waals surface area contributed by atoms with Crippen LogP contribution in [0.15, 0.2) is 24.3 Å². The van der Waals surface area contributed by atoms with Gasteiger partial charge in [0, 0.05) is 0 Å². The number of halogens is 1. The van der Waals surface area contributed by atoms with Crippen LogP contribution in [0.3, 0.4) is 0 Å². The Bertz CT molecular complexity index is 988. The third-order valence-electron chi connectivity index (χ3n) is 5.79. The fourth-order valence-corrected chi connectivity index (χ4v) is 4.88. The van der Waals surface area contributed by atoms with Gasteiger partial charge in [-0.25, -0.2) is 0 Å². The number of carbonyl (C=O) groups excluding carboxylic acids is 1. The number of nitrogens with one attached hydrogen (secondary N) is 1. The molecule has 1 aliphatic heterocycles. The first-order chi connectivity index (χ1) is 16.5. The maximum atomic E-state index is 12.8. The van der Waals surface area contributed by atoms with Gasteiger partial charge in [-0.1, -0.05) is 0 Å². The number of benzene rings is 2. The predicted octanol–water partition coefficient (Wildman–Crippen LogP) is 2.80. The number of methoxy groups -OCH3 is 3. The average molecular weight is 670 g/mol. The van der Waals surface area contributed by atoms with Crippen LogP contribution in [-0.4, -0.2) is 65.1 Å². The first-order valence-electron chi connectivity index (χ1n) is 11.3. The van der Waals surface area contributed by atoms with Crippen molar-refractivity contribution in [2.24, 2.45) is 0 Å². The van der Waals surface area contributed by atoms with Gasteiger partial charge in [0.2, 0.25) is 0 Å². The molecule has 186 valence electrons. The molecule has 9 heteroatoms. The molecule has 2 aromatic rings. The molecule has 0 unspecified atom stereocenters. The Kier molecular flexibility index (Phi) is 10.2. The van der Waals surface area contributed by atoms with Crippen LogP contribution in [0.4, 0.5) is 4.39 Å². The summed E-state index contributed by atoms with van der Waals surface area (Å²) in [5, 5.41) is 2.96. The molecule has 0 bridgehead atoms. The molecule has 0 saturated heterocycles. The molecular formula is C25H32AtFN2O5. The van der Waals surface area contributed by atoms with Crippen LogP contribution in [-0.2, 0) is 13.0 Å². The van der Waals surface area contributed by atoms with E-state index in [1.165, 1.54) is 43.0 Å². The van der Waals surface area contributed by atoms with Crippen LogP contribution in [0.1, 0.15) is 34.3 Å². The van der Waals surface area contributed by atoms with E-state index in [1.54, 1.807) is 26.4 Å². The third kappa shape index (κ3) is 6.73. The average Bonchev–Trinajstić information content (AvgIpc) is 2.85. The third-order valence-corrected chi connectivity index (χ3v) is 6.64. The number of hydrogen-bond donors (Lipinski definition) is 1. The minimum atomic E-state index is -0.636. The molecule has 0 saturated carbocycles. The molecule has 0 fully saturated rings. The summed E-state index contributed by atoms with van der Waals surface area (Å²) in [5.41, 5.74) is 2.96. The summed E-state index contributed by atoms with van der Waals surface area (Å²) in [6.45, 7) is 2.62. The fraction of sp³-hybridized carbons (Fsp3) is 0.480. The van der Waals surface area contributed by atoms with Gasteiger partial charge in [-0.15, -0.1) is 0 Å². The summed E-state index contributed by atoms with van der Waals surface area (Å²) < 4.78 is 35.2. The van der Waals surface area contributed by atoms with E-state index in [0.717, 1.165) is 53.7 Å². The van der Waals surface area contributed by atoms with Gasteiger partial charge in [-0.3, -0.25) is 0 Å². The summed E-state index contributed by atoms with van der Waals surface area (Å²) in [4.78, 5) is 15.2. The van der Waals surface area contributed by atoms with Crippen molar-refractivity contribution < 1.29 is 52.9 Å². The molecule has 1 aliphatic rings. The van der Waals surface area contributed by atoms with E-state index in [2.05, 4.69) is 22.3 Å². The van der Waals surface area contributed by atoms with Crippen LogP contribution in [0.5, 0.6) is 23.0 Å². The van der Waals surface area contributed by atoms with E-state index in [1.807, 2.05) is 0 Å². The van der Waals surface area contributed by atoms with Gasteiger partial charge < -0.3 is 9.47 Å². The number of unbranched alkanes of at least 4 members (excludes halogenated alkanes) is 1. The van der Waals surface area contributed by atoms with E-state index in [9.17, 15) is 9.18 Å². The second kappa shape index (κ2) is 13.1. The Balaban J connectivity index is 1.49. The number of hydrogen-bond acceptors (Lipinski definition) is 6. The second-order valence-corrected chi connectivity index (χ2v) is 9.68. The minimum absolute atomic E-state index is 0.123. The molecule has 2 aromatic carbocycles. The van der Waals surface area contributed by atoms with Gasteiger partial charge in [0.25, 0.3) is 0 Å². The molecule has 0 aliphatic carbocycles. The first-order valence-corrected chi connectivity index (χ1v) is 12.8. The van der Waals surface area contributed by atoms with Gasteiger partial charge in [-0.2, -0.15) is 0 Å². The molecular weight excluding hydrogens is 637 g/mol. The first kappa shape index (κ1) is 26.5. The molecule has 0 radical (unpaired) electrons. The van der Waals surface area contributed by atoms with Crippen molar-refractivity contribution in [1.29, 1.82) is 0 Å². The zero-order valence-electron chi connectivity index (χ0n) is 19.9. The van der Waals surface area contributed by atoms with Crippen molar-refractivity contribution in [2.75, 3.05) is 54.2 Å². The van der Waals surface area contributed by atoms with Crippen molar-refractivity contribution >= 4 is 9.18 Å². The zero-order chi connectivity index (χ0) is 24.5. The maximum absolute atomic E-state index is 12.8. The van der Waals surface area contributed by atoms with Crippen LogP contribution in [0.25, 0.3) is 0 Å². The molecule has 0 spiro atoms. The van der Waals surface area contributed by atoms with Gasteiger partial charge in [0.15, 0.2) is 11.5 Å². The predicted molar refractivity (Wildman–Crippen MR) is 124 cm³/mol. The second-order valence-electron chi connectivity index (χ2n) is 7.99. The standard InChI is InChI=1S/C25H32AtFN2O5/c1-31-21-12-17-6-10-29(16-18(17)13-22(21)32-2)9-5-4-8-28-25(30)20-14-19(26)15-23(33-3)24(20)34-11-7-27/h12-15H,4-11,16H2,1-3H3,(H,28,30). The summed E-state index contributed by atoms with van der Waals surface area (Å²) in [6, 6.07) is 7.70. The summed E-state index contributed by atoms with van der Waals surface area (Å²) in [7, 11) is 4.83. The SMILES string of the molecule is COc1cc2c(cc1OC)CN(CCCCNC(=O)c1cc([At])cc(OC)c1OCCF)CC2. The number of alkyl halides is 1. The Morgan fingerprint density at radius 2 is 1.74 bits per heavy atom. The molecule has 1 heterocycles. The molecule has 7 nitrogen and oxygen atoms in total.